The van der Waals surface area contributed by atoms with E-state index in [1.54, 1.807) is 17.0 Å². The molecule has 1 amide bonds. The van der Waals surface area contributed by atoms with Crippen LogP contribution in [0, 0.1) is 5.82 Å². The Kier molecular flexibility index (Phi) is 5.08. The van der Waals surface area contributed by atoms with E-state index in [4.69, 9.17) is 15.2 Å². The molecule has 5 nitrogen and oxygen atoms in total. The van der Waals surface area contributed by atoms with E-state index in [1.165, 1.54) is 6.07 Å². The van der Waals surface area contributed by atoms with E-state index in [9.17, 15) is 9.18 Å². The van der Waals surface area contributed by atoms with Gasteiger partial charge in [-0.15, -0.1) is 0 Å². The van der Waals surface area contributed by atoms with Gasteiger partial charge in [0.1, 0.15) is 17.1 Å². The molecule has 1 aliphatic rings. The summed E-state index contributed by atoms with van der Waals surface area (Å²) in [5.74, 6) is -0.322. The van der Waals surface area contributed by atoms with Gasteiger partial charge in [-0.1, -0.05) is 6.07 Å². The second-order valence-corrected chi connectivity index (χ2v) is 7.61. The molecule has 0 saturated carbocycles. The quantitative estimate of drug-likeness (QED) is 0.853. The maximum absolute atomic E-state index is 13.9. The summed E-state index contributed by atoms with van der Waals surface area (Å²) in [6, 6.07) is 4.47. The first-order valence-electron chi connectivity index (χ1n) is 8.20. The van der Waals surface area contributed by atoms with Crippen LogP contribution < -0.4 is 5.73 Å². The van der Waals surface area contributed by atoms with Crippen LogP contribution in [0.4, 0.5) is 14.9 Å². The highest BCUT2D eigenvalue weighted by atomic mass is 19.1. The molecule has 0 spiro atoms. The predicted molar refractivity (Wildman–Crippen MR) is 91.0 cm³/mol. The molecule has 1 fully saturated rings. The number of halogens is 1. The van der Waals surface area contributed by atoms with Gasteiger partial charge in [0.25, 0.3) is 0 Å². The fraction of sp³-hybridized carbons (Fsp3) is 0.611. The Morgan fingerprint density at radius 2 is 2.12 bits per heavy atom. The molecule has 1 saturated heterocycles. The first-order chi connectivity index (χ1) is 11.0. The summed E-state index contributed by atoms with van der Waals surface area (Å²) in [6.45, 7) is 9.51. The van der Waals surface area contributed by atoms with Crippen molar-refractivity contribution in [2.45, 2.75) is 64.8 Å². The number of carbonyl (C=O) groups excluding carboxylic acids is 1. The zero-order valence-electron chi connectivity index (χ0n) is 15.1. The van der Waals surface area contributed by atoms with Gasteiger partial charge in [0.2, 0.25) is 0 Å². The van der Waals surface area contributed by atoms with E-state index in [-0.39, 0.29) is 11.9 Å². The van der Waals surface area contributed by atoms with Crippen LogP contribution in [-0.2, 0) is 15.9 Å². The summed E-state index contributed by atoms with van der Waals surface area (Å²) in [6.07, 6.45) is 0.562. The Bertz CT molecular complexity index is 591. The molecule has 1 heterocycles. The monoisotopic (exact) mass is 338 g/mol. The smallest absolute Gasteiger partial charge is 0.412 e. The fourth-order valence-corrected chi connectivity index (χ4v) is 2.93. The molecule has 1 aromatic carbocycles. The lowest BCUT2D eigenvalue weighted by molar-refractivity contribution is -0.0626. The molecule has 6 heteroatoms. The van der Waals surface area contributed by atoms with E-state index in [1.807, 2.05) is 34.6 Å². The maximum atomic E-state index is 13.9. The maximum Gasteiger partial charge on any atom is 0.412 e. The van der Waals surface area contributed by atoms with Crippen molar-refractivity contribution in [3.63, 3.8) is 0 Å². The Morgan fingerprint density at radius 1 is 1.46 bits per heavy atom. The first-order valence-corrected chi connectivity index (χ1v) is 8.20. The van der Waals surface area contributed by atoms with Crippen LogP contribution in [-0.4, -0.2) is 35.0 Å². The molecule has 1 aromatic rings. The summed E-state index contributed by atoms with van der Waals surface area (Å²) in [7, 11) is 0. The van der Waals surface area contributed by atoms with Gasteiger partial charge in [-0.25, -0.2) is 9.18 Å². The number of nitrogens with zero attached hydrogens (tertiary/aromatic N) is 1. The predicted octanol–water partition coefficient (Wildman–Crippen LogP) is 3.71. The minimum atomic E-state index is -0.756. The van der Waals surface area contributed by atoms with Crippen LogP contribution >= 0.6 is 0 Å². The Morgan fingerprint density at radius 3 is 2.71 bits per heavy atom. The summed E-state index contributed by atoms with van der Waals surface area (Å²) in [4.78, 5) is 14.2. The third kappa shape index (κ3) is 4.17. The van der Waals surface area contributed by atoms with Gasteiger partial charge in [0.05, 0.1) is 12.6 Å². The summed E-state index contributed by atoms with van der Waals surface area (Å²) in [5.41, 5.74) is 5.42. The third-order valence-corrected chi connectivity index (χ3v) is 4.05. The van der Waals surface area contributed by atoms with Gasteiger partial charge in [0.15, 0.2) is 0 Å². The van der Waals surface area contributed by atoms with Crippen molar-refractivity contribution in [1.29, 1.82) is 0 Å². The number of rotatable bonds is 3. The minimum absolute atomic E-state index is 0.186. The number of ether oxygens (including phenoxy) is 2. The second kappa shape index (κ2) is 6.59. The van der Waals surface area contributed by atoms with Crippen LogP contribution in [0.2, 0.25) is 0 Å². The number of nitrogens with two attached hydrogens (primary N) is 1. The highest BCUT2D eigenvalue weighted by molar-refractivity contribution is 5.69. The molecule has 0 radical (unpaired) electrons. The van der Waals surface area contributed by atoms with Crippen molar-refractivity contribution in [2.24, 2.45) is 0 Å². The summed E-state index contributed by atoms with van der Waals surface area (Å²) in [5, 5.41) is 0. The molecule has 1 unspecified atom stereocenters. The number of benzene rings is 1. The first kappa shape index (κ1) is 18.5. The molecule has 24 heavy (non-hydrogen) atoms. The average Bonchev–Trinajstić information content (AvgIpc) is 2.71. The van der Waals surface area contributed by atoms with Crippen LogP contribution in [0.25, 0.3) is 0 Å². The van der Waals surface area contributed by atoms with Crippen molar-refractivity contribution < 1.29 is 18.7 Å². The SMILES string of the molecule is CC(C)(C)OC(=O)N1C(CCc2c(N)cccc2F)COC1(C)C. The van der Waals surface area contributed by atoms with Gasteiger partial charge < -0.3 is 15.2 Å². The Hall–Kier alpha value is -1.82. The molecule has 1 atom stereocenters. The highest BCUT2D eigenvalue weighted by Gasteiger charge is 2.45. The third-order valence-electron chi connectivity index (χ3n) is 4.05. The van der Waals surface area contributed by atoms with Gasteiger partial charge >= 0.3 is 6.09 Å². The number of hydrogen-bond acceptors (Lipinski definition) is 4. The second-order valence-electron chi connectivity index (χ2n) is 7.61. The fourth-order valence-electron chi connectivity index (χ4n) is 2.93. The standard InChI is InChI=1S/C18H27FN2O3/c1-17(2,3)24-16(22)21-12(11-23-18(21,4)5)9-10-13-14(19)7-6-8-15(13)20/h6-8,12H,9-11,20H2,1-5H3. The zero-order valence-corrected chi connectivity index (χ0v) is 15.1. The molecule has 1 aliphatic heterocycles. The molecule has 134 valence electrons. The summed E-state index contributed by atoms with van der Waals surface area (Å²) >= 11 is 0. The van der Waals surface area contributed by atoms with E-state index in [2.05, 4.69) is 0 Å². The Labute approximate surface area is 142 Å². The molecule has 2 N–H and O–H groups in total. The normalized spacial score (nSPS) is 20.2. The van der Waals surface area contributed by atoms with Crippen LogP contribution in [0.3, 0.4) is 0 Å². The molecular formula is C18H27FN2O3. The van der Waals surface area contributed by atoms with Crippen molar-refractivity contribution in [1.82, 2.24) is 4.90 Å². The van der Waals surface area contributed by atoms with Crippen molar-refractivity contribution >= 4 is 11.8 Å². The minimum Gasteiger partial charge on any atom is -0.444 e. The lowest BCUT2D eigenvalue weighted by Gasteiger charge is -2.35. The van der Waals surface area contributed by atoms with Crippen molar-refractivity contribution in [3.8, 4) is 0 Å². The molecule has 0 bridgehead atoms. The number of nitrogen functional groups attached to an aromatic ring is 1. The van der Waals surface area contributed by atoms with E-state index in [0.29, 0.717) is 30.7 Å². The average molecular weight is 338 g/mol. The molecule has 2 rings (SSSR count). The lowest BCUT2D eigenvalue weighted by atomic mass is 10.0. The van der Waals surface area contributed by atoms with E-state index < -0.39 is 17.4 Å². The van der Waals surface area contributed by atoms with Crippen LogP contribution in [0.5, 0.6) is 0 Å². The van der Waals surface area contributed by atoms with Gasteiger partial charge in [-0.05, 0) is 59.6 Å². The highest BCUT2D eigenvalue weighted by Crippen LogP contribution is 2.32. The molecular weight excluding hydrogens is 311 g/mol. The number of amides is 1. The Balaban J connectivity index is 2.12. The van der Waals surface area contributed by atoms with Crippen LogP contribution in [0.1, 0.15) is 46.6 Å². The summed E-state index contributed by atoms with van der Waals surface area (Å²) < 4.78 is 25.2. The van der Waals surface area contributed by atoms with E-state index in [0.717, 1.165) is 0 Å². The topological polar surface area (TPSA) is 64.8 Å². The lowest BCUT2D eigenvalue weighted by Crippen LogP contribution is -2.49. The van der Waals surface area contributed by atoms with Gasteiger partial charge in [-0.3, -0.25) is 4.90 Å². The largest absolute Gasteiger partial charge is 0.444 e. The van der Waals surface area contributed by atoms with Gasteiger partial charge in [-0.2, -0.15) is 0 Å². The van der Waals surface area contributed by atoms with Gasteiger partial charge in [0, 0.05) is 11.3 Å². The van der Waals surface area contributed by atoms with E-state index >= 15 is 0 Å². The number of hydrogen-bond donors (Lipinski definition) is 1. The molecule has 0 aliphatic carbocycles. The zero-order chi connectivity index (χ0) is 18.1. The number of carbonyl (C=O) groups is 1. The number of anilines is 1. The molecule has 0 aromatic heterocycles. The van der Waals surface area contributed by atoms with Crippen LogP contribution in [0.15, 0.2) is 18.2 Å². The van der Waals surface area contributed by atoms with Crippen molar-refractivity contribution in [3.05, 3.63) is 29.6 Å². The van der Waals surface area contributed by atoms with Crippen molar-refractivity contribution in [2.75, 3.05) is 12.3 Å².